The Balaban J connectivity index is 1.59. The summed E-state index contributed by atoms with van der Waals surface area (Å²) in [6, 6.07) is 9.44. The molecule has 9 nitrogen and oxygen atoms in total. The molecule has 1 fully saturated rings. The van der Waals surface area contributed by atoms with Crippen molar-refractivity contribution < 1.29 is 9.53 Å². The van der Waals surface area contributed by atoms with Gasteiger partial charge in [0.05, 0.1) is 24.1 Å². The van der Waals surface area contributed by atoms with Crippen molar-refractivity contribution in [1.82, 2.24) is 20.1 Å². The number of piperidine rings is 1. The Hall–Kier alpha value is -3.41. The number of carbonyl (C=O) groups is 1. The van der Waals surface area contributed by atoms with Gasteiger partial charge in [-0.2, -0.15) is 15.3 Å². The monoisotopic (exact) mass is 367 g/mol. The molecule has 1 aromatic carbocycles. The number of hydrogen-bond donors (Lipinski definition) is 2. The van der Waals surface area contributed by atoms with Gasteiger partial charge in [-0.1, -0.05) is 12.1 Å². The molecule has 0 bridgehead atoms. The molecule has 2 heterocycles. The summed E-state index contributed by atoms with van der Waals surface area (Å²) >= 11 is 0. The van der Waals surface area contributed by atoms with Crippen molar-refractivity contribution in [2.75, 3.05) is 30.3 Å². The van der Waals surface area contributed by atoms with E-state index in [2.05, 4.69) is 31.9 Å². The van der Waals surface area contributed by atoms with Gasteiger partial charge in [-0.15, -0.1) is 5.10 Å². The smallest absolute Gasteiger partial charge is 0.409 e. The zero-order chi connectivity index (χ0) is 19.1. The van der Waals surface area contributed by atoms with Crippen LogP contribution in [0.1, 0.15) is 25.3 Å². The highest BCUT2D eigenvalue weighted by molar-refractivity contribution is 5.67. The van der Waals surface area contributed by atoms with E-state index in [-0.39, 0.29) is 12.1 Å². The van der Waals surface area contributed by atoms with Gasteiger partial charge in [0.25, 0.3) is 0 Å². The normalized spacial score (nSPS) is 14.3. The highest BCUT2D eigenvalue weighted by Gasteiger charge is 2.23. The van der Waals surface area contributed by atoms with E-state index in [1.54, 1.807) is 36.2 Å². The Bertz CT molecular complexity index is 828. The van der Waals surface area contributed by atoms with Gasteiger partial charge in [0.15, 0.2) is 5.82 Å². The third-order valence-corrected chi connectivity index (χ3v) is 4.23. The first kappa shape index (κ1) is 18.4. The highest BCUT2D eigenvalue weighted by atomic mass is 16.6. The summed E-state index contributed by atoms with van der Waals surface area (Å²) < 4.78 is 5.03. The molecule has 0 radical (unpaired) electrons. The van der Waals surface area contributed by atoms with Crippen molar-refractivity contribution in [1.29, 1.82) is 5.26 Å². The standard InChI is InChI=1S/C18H21N7O2/c1-2-27-18(26)25-9-7-14(8-10-25)21-16-12-20-24-17(23-16)22-15-6-4-3-5-13(15)11-19/h3-6,12,14H,2,7-10H2,1H3,(H2,21,22,23,24). The van der Waals surface area contributed by atoms with Gasteiger partial charge in [0.2, 0.25) is 5.95 Å². The number of benzene rings is 1. The Labute approximate surface area is 157 Å². The maximum atomic E-state index is 11.8. The number of nitrogens with zero attached hydrogens (tertiary/aromatic N) is 5. The number of carbonyl (C=O) groups excluding carboxylic acids is 1. The Morgan fingerprint density at radius 2 is 2.15 bits per heavy atom. The average Bonchev–Trinajstić information content (AvgIpc) is 2.69. The van der Waals surface area contributed by atoms with Crippen molar-refractivity contribution in [3.8, 4) is 6.07 Å². The largest absolute Gasteiger partial charge is 0.450 e. The van der Waals surface area contributed by atoms with Gasteiger partial charge in [0, 0.05) is 19.1 Å². The Kier molecular flexibility index (Phi) is 5.99. The summed E-state index contributed by atoms with van der Waals surface area (Å²) in [5.41, 5.74) is 1.13. The zero-order valence-corrected chi connectivity index (χ0v) is 15.1. The minimum atomic E-state index is -0.262. The molecule has 0 atom stereocenters. The second-order valence-electron chi connectivity index (χ2n) is 6.05. The fourth-order valence-corrected chi connectivity index (χ4v) is 2.87. The fourth-order valence-electron chi connectivity index (χ4n) is 2.87. The lowest BCUT2D eigenvalue weighted by atomic mass is 10.1. The van der Waals surface area contributed by atoms with E-state index < -0.39 is 0 Å². The van der Waals surface area contributed by atoms with Crippen LogP contribution in [-0.2, 0) is 4.74 Å². The van der Waals surface area contributed by atoms with Gasteiger partial charge in [-0.3, -0.25) is 0 Å². The number of hydrogen-bond acceptors (Lipinski definition) is 8. The number of nitrogens with one attached hydrogen (secondary N) is 2. The number of anilines is 3. The summed E-state index contributed by atoms with van der Waals surface area (Å²) in [5, 5.41) is 23.4. The van der Waals surface area contributed by atoms with Gasteiger partial charge in [-0.25, -0.2) is 4.79 Å². The number of ether oxygens (including phenoxy) is 1. The maximum Gasteiger partial charge on any atom is 0.409 e. The molecule has 0 unspecified atom stereocenters. The number of likely N-dealkylation sites (tertiary alicyclic amines) is 1. The first-order valence-corrected chi connectivity index (χ1v) is 8.83. The second kappa shape index (κ2) is 8.80. The zero-order valence-electron chi connectivity index (χ0n) is 15.1. The van der Waals surface area contributed by atoms with Crippen LogP contribution < -0.4 is 10.6 Å². The van der Waals surface area contributed by atoms with E-state index in [0.29, 0.717) is 42.7 Å². The van der Waals surface area contributed by atoms with Crippen LogP contribution in [0.25, 0.3) is 0 Å². The van der Waals surface area contributed by atoms with E-state index >= 15 is 0 Å². The Morgan fingerprint density at radius 3 is 2.89 bits per heavy atom. The van der Waals surface area contributed by atoms with Crippen molar-refractivity contribution in [3.63, 3.8) is 0 Å². The van der Waals surface area contributed by atoms with Crippen LogP contribution in [0.3, 0.4) is 0 Å². The molecule has 140 valence electrons. The lowest BCUT2D eigenvalue weighted by Gasteiger charge is -2.31. The highest BCUT2D eigenvalue weighted by Crippen LogP contribution is 2.19. The van der Waals surface area contributed by atoms with Crippen molar-refractivity contribution in [2.24, 2.45) is 0 Å². The molecule has 1 aliphatic heterocycles. The van der Waals surface area contributed by atoms with E-state index in [1.807, 2.05) is 6.07 Å². The van der Waals surface area contributed by atoms with Crippen LogP contribution in [0, 0.1) is 11.3 Å². The molecule has 9 heteroatoms. The van der Waals surface area contributed by atoms with Crippen molar-refractivity contribution >= 4 is 23.5 Å². The molecule has 0 spiro atoms. The van der Waals surface area contributed by atoms with Gasteiger partial charge in [0.1, 0.15) is 6.07 Å². The van der Waals surface area contributed by atoms with Crippen LogP contribution >= 0.6 is 0 Å². The second-order valence-corrected chi connectivity index (χ2v) is 6.05. The van der Waals surface area contributed by atoms with Crippen molar-refractivity contribution in [2.45, 2.75) is 25.8 Å². The van der Waals surface area contributed by atoms with Crippen molar-refractivity contribution in [3.05, 3.63) is 36.0 Å². The molecular formula is C18H21N7O2. The summed E-state index contributed by atoms with van der Waals surface area (Å²) in [6.45, 7) is 3.45. The third-order valence-electron chi connectivity index (χ3n) is 4.23. The molecule has 0 aliphatic carbocycles. The van der Waals surface area contributed by atoms with E-state index in [0.717, 1.165) is 12.8 Å². The topological polar surface area (TPSA) is 116 Å². The van der Waals surface area contributed by atoms with Crippen LogP contribution in [0.4, 0.5) is 22.2 Å². The SMILES string of the molecule is CCOC(=O)N1CCC(Nc2cnnc(Nc3ccccc3C#N)n2)CC1. The van der Waals surface area contributed by atoms with E-state index in [1.165, 1.54) is 0 Å². The van der Waals surface area contributed by atoms with Crippen LogP contribution in [0.5, 0.6) is 0 Å². The number of rotatable bonds is 5. The minimum absolute atomic E-state index is 0.187. The molecule has 1 aliphatic rings. The quantitative estimate of drug-likeness (QED) is 0.828. The van der Waals surface area contributed by atoms with E-state index in [4.69, 9.17) is 10.00 Å². The van der Waals surface area contributed by atoms with E-state index in [9.17, 15) is 4.79 Å². The number of amides is 1. The Morgan fingerprint density at radius 1 is 1.37 bits per heavy atom. The summed E-state index contributed by atoms with van der Waals surface area (Å²) in [6.07, 6.45) is 2.88. The molecule has 1 aromatic heterocycles. The van der Waals surface area contributed by atoms with Gasteiger partial charge in [-0.05, 0) is 31.9 Å². The lowest BCUT2D eigenvalue weighted by molar-refractivity contribution is 0.0983. The summed E-state index contributed by atoms with van der Waals surface area (Å²) in [5.74, 6) is 0.906. The third kappa shape index (κ3) is 4.82. The molecule has 2 aromatic rings. The molecule has 1 saturated heterocycles. The fraction of sp³-hybridized carbons (Fsp3) is 0.389. The lowest BCUT2D eigenvalue weighted by Crippen LogP contribution is -2.42. The number of aromatic nitrogens is 3. The molecule has 3 rings (SSSR count). The molecule has 27 heavy (non-hydrogen) atoms. The first-order chi connectivity index (χ1) is 13.2. The average molecular weight is 367 g/mol. The molecule has 1 amide bonds. The maximum absolute atomic E-state index is 11.8. The molecule has 0 saturated carbocycles. The van der Waals surface area contributed by atoms with Crippen LogP contribution in [0.2, 0.25) is 0 Å². The molecule has 2 N–H and O–H groups in total. The minimum Gasteiger partial charge on any atom is -0.450 e. The number of para-hydroxylation sites is 1. The van der Waals surface area contributed by atoms with Crippen LogP contribution in [0.15, 0.2) is 30.5 Å². The molecular weight excluding hydrogens is 346 g/mol. The number of nitriles is 1. The van der Waals surface area contributed by atoms with Crippen LogP contribution in [-0.4, -0.2) is 51.9 Å². The van der Waals surface area contributed by atoms with Gasteiger partial charge >= 0.3 is 6.09 Å². The summed E-state index contributed by atoms with van der Waals surface area (Å²) in [7, 11) is 0. The first-order valence-electron chi connectivity index (χ1n) is 8.83. The van der Waals surface area contributed by atoms with Gasteiger partial charge < -0.3 is 20.3 Å². The summed E-state index contributed by atoms with van der Waals surface area (Å²) in [4.78, 5) is 17.9. The predicted octanol–water partition coefficient (Wildman–Crippen LogP) is 2.52. The predicted molar refractivity (Wildman–Crippen MR) is 99.5 cm³/mol.